The number of fused-ring (bicyclic) bond motifs is 3. The molecule has 2 aliphatic heterocycles. The normalized spacial score (nSPS) is 21.1. The number of hydrogen-bond donors (Lipinski definition) is 1. The number of carbonyl (C=O) groups is 5. The second-order valence-corrected chi connectivity index (χ2v) is 8.70. The lowest BCUT2D eigenvalue weighted by Gasteiger charge is -2.48. The van der Waals surface area contributed by atoms with Crippen molar-refractivity contribution in [2.75, 3.05) is 16.8 Å². The molecule has 2 heterocycles. The van der Waals surface area contributed by atoms with Gasteiger partial charge in [0.1, 0.15) is 0 Å². The fourth-order valence-corrected chi connectivity index (χ4v) is 4.84. The SMILES string of the molecule is CC(=O)c1ccccc1NC(=O)COC(=O)C12CCC(=O)N1c1ccccc1C(=O)N2C1CC1. The van der Waals surface area contributed by atoms with Crippen LogP contribution in [-0.4, -0.2) is 52.7 Å². The maximum atomic E-state index is 13.5. The summed E-state index contributed by atoms with van der Waals surface area (Å²) in [6.45, 7) is 0.767. The Morgan fingerprint density at radius 2 is 1.76 bits per heavy atom. The van der Waals surface area contributed by atoms with Crippen LogP contribution in [0, 0.1) is 0 Å². The molecule has 1 unspecified atom stereocenters. The van der Waals surface area contributed by atoms with Crippen LogP contribution in [0.15, 0.2) is 48.5 Å². The number of esters is 1. The van der Waals surface area contributed by atoms with Crippen LogP contribution in [-0.2, 0) is 19.1 Å². The van der Waals surface area contributed by atoms with Crippen molar-refractivity contribution in [2.45, 2.75) is 44.3 Å². The third-order valence-electron chi connectivity index (χ3n) is 6.45. The van der Waals surface area contributed by atoms with Gasteiger partial charge in [-0.15, -0.1) is 0 Å². The Bertz CT molecular complexity index is 1240. The minimum absolute atomic E-state index is 0.0815. The Labute approximate surface area is 195 Å². The lowest BCUT2D eigenvalue weighted by atomic mass is 9.96. The van der Waals surface area contributed by atoms with Crippen LogP contribution in [0.25, 0.3) is 0 Å². The molecule has 34 heavy (non-hydrogen) atoms. The number of nitrogens with one attached hydrogen (secondary N) is 1. The molecule has 2 aromatic rings. The number of anilines is 2. The average Bonchev–Trinajstić information content (AvgIpc) is 3.60. The van der Waals surface area contributed by atoms with Crippen molar-refractivity contribution in [3.63, 3.8) is 0 Å². The summed E-state index contributed by atoms with van der Waals surface area (Å²) in [5.74, 6) is -2.26. The zero-order chi connectivity index (χ0) is 24.0. The predicted octanol–water partition coefficient (Wildman–Crippen LogP) is 2.51. The van der Waals surface area contributed by atoms with Crippen molar-refractivity contribution in [1.82, 2.24) is 4.90 Å². The number of carbonyl (C=O) groups excluding carboxylic acids is 5. The summed E-state index contributed by atoms with van der Waals surface area (Å²) >= 11 is 0. The molecule has 1 aliphatic carbocycles. The lowest BCUT2D eigenvalue weighted by molar-refractivity contribution is -0.159. The number of Topliss-reactive ketones (excluding diaryl/α,β-unsaturated/α-hetero) is 1. The molecule has 2 fully saturated rings. The van der Waals surface area contributed by atoms with E-state index in [4.69, 9.17) is 4.74 Å². The summed E-state index contributed by atoms with van der Waals surface area (Å²) in [4.78, 5) is 67.1. The number of nitrogens with zero attached hydrogens (tertiary/aromatic N) is 2. The molecule has 3 aliphatic rings. The first-order valence-electron chi connectivity index (χ1n) is 11.2. The molecule has 0 aromatic heterocycles. The number of benzene rings is 2. The fourth-order valence-electron chi connectivity index (χ4n) is 4.84. The average molecular weight is 461 g/mol. The third kappa shape index (κ3) is 3.35. The van der Waals surface area contributed by atoms with Gasteiger partial charge in [0, 0.05) is 24.4 Å². The number of ketones is 1. The highest BCUT2D eigenvalue weighted by molar-refractivity contribution is 6.16. The van der Waals surface area contributed by atoms with Crippen molar-refractivity contribution in [1.29, 1.82) is 0 Å². The van der Waals surface area contributed by atoms with Crippen molar-refractivity contribution in [3.8, 4) is 0 Å². The van der Waals surface area contributed by atoms with E-state index >= 15 is 0 Å². The van der Waals surface area contributed by atoms with E-state index in [1.807, 2.05) is 0 Å². The molecule has 0 radical (unpaired) electrons. The van der Waals surface area contributed by atoms with Crippen LogP contribution in [0.4, 0.5) is 11.4 Å². The molecule has 0 bridgehead atoms. The molecule has 1 atom stereocenters. The van der Waals surface area contributed by atoms with E-state index in [-0.39, 0.29) is 36.5 Å². The fraction of sp³-hybridized carbons (Fsp3) is 0.320. The van der Waals surface area contributed by atoms with Gasteiger partial charge in [0.05, 0.1) is 16.9 Å². The van der Waals surface area contributed by atoms with Gasteiger partial charge in [0.2, 0.25) is 11.6 Å². The zero-order valence-electron chi connectivity index (χ0n) is 18.6. The van der Waals surface area contributed by atoms with Crippen LogP contribution < -0.4 is 10.2 Å². The Morgan fingerprint density at radius 3 is 2.50 bits per heavy atom. The highest BCUT2D eigenvalue weighted by Gasteiger charge is 2.64. The van der Waals surface area contributed by atoms with Crippen LogP contribution >= 0.6 is 0 Å². The number of rotatable bonds is 6. The Kier molecular flexibility index (Phi) is 5.19. The summed E-state index contributed by atoms with van der Waals surface area (Å²) < 4.78 is 5.42. The molecule has 1 N–H and O–H groups in total. The molecule has 1 saturated heterocycles. The number of para-hydroxylation sites is 2. The van der Waals surface area contributed by atoms with Crippen molar-refractivity contribution in [2.24, 2.45) is 0 Å². The predicted molar refractivity (Wildman–Crippen MR) is 121 cm³/mol. The summed E-state index contributed by atoms with van der Waals surface area (Å²) in [6, 6.07) is 13.1. The second kappa shape index (κ2) is 8.09. The highest BCUT2D eigenvalue weighted by atomic mass is 16.5. The van der Waals surface area contributed by atoms with E-state index in [1.165, 1.54) is 16.7 Å². The first-order chi connectivity index (χ1) is 16.3. The maximum absolute atomic E-state index is 13.5. The summed E-state index contributed by atoms with van der Waals surface area (Å²) in [6.07, 6.45) is 1.63. The minimum atomic E-state index is -1.61. The van der Waals surface area contributed by atoms with Crippen molar-refractivity contribution < 1.29 is 28.7 Å². The molecule has 0 spiro atoms. The molecular formula is C25H23N3O6. The zero-order valence-corrected chi connectivity index (χ0v) is 18.6. The molecule has 3 amide bonds. The third-order valence-corrected chi connectivity index (χ3v) is 6.45. The van der Waals surface area contributed by atoms with E-state index in [0.29, 0.717) is 22.5 Å². The molecule has 2 aromatic carbocycles. The minimum Gasteiger partial charge on any atom is -0.452 e. The number of hydrogen-bond acceptors (Lipinski definition) is 6. The van der Waals surface area contributed by atoms with Crippen molar-refractivity contribution >= 4 is 40.8 Å². The van der Waals surface area contributed by atoms with E-state index in [2.05, 4.69) is 5.32 Å². The Balaban J connectivity index is 1.41. The molecule has 5 rings (SSSR count). The van der Waals surface area contributed by atoms with Gasteiger partial charge < -0.3 is 15.0 Å². The second-order valence-electron chi connectivity index (χ2n) is 8.70. The van der Waals surface area contributed by atoms with E-state index in [0.717, 1.165) is 12.8 Å². The maximum Gasteiger partial charge on any atom is 0.354 e. The summed E-state index contributed by atoms with van der Waals surface area (Å²) in [5, 5.41) is 2.59. The van der Waals surface area contributed by atoms with Crippen molar-refractivity contribution in [3.05, 3.63) is 59.7 Å². The number of ether oxygens (including phenoxy) is 1. The van der Waals surface area contributed by atoms with E-state index in [9.17, 15) is 24.0 Å². The highest BCUT2D eigenvalue weighted by Crippen LogP contribution is 2.49. The largest absolute Gasteiger partial charge is 0.452 e. The van der Waals surface area contributed by atoms with Gasteiger partial charge in [0.25, 0.3) is 11.8 Å². The Hall–Kier alpha value is -4.01. The molecule has 1 saturated carbocycles. The quantitative estimate of drug-likeness (QED) is 0.523. The van der Waals surface area contributed by atoms with E-state index in [1.54, 1.807) is 48.5 Å². The summed E-state index contributed by atoms with van der Waals surface area (Å²) in [5.41, 5.74) is -0.215. The smallest absolute Gasteiger partial charge is 0.354 e. The van der Waals surface area contributed by atoms with Gasteiger partial charge in [-0.25, -0.2) is 4.79 Å². The van der Waals surface area contributed by atoms with E-state index < -0.39 is 24.1 Å². The Morgan fingerprint density at radius 1 is 1.06 bits per heavy atom. The van der Waals surface area contributed by atoms with Gasteiger partial charge in [0.15, 0.2) is 12.4 Å². The van der Waals surface area contributed by atoms with Crippen LogP contribution in [0.5, 0.6) is 0 Å². The van der Waals surface area contributed by atoms with Crippen LogP contribution in [0.2, 0.25) is 0 Å². The van der Waals surface area contributed by atoms with Gasteiger partial charge >= 0.3 is 5.97 Å². The van der Waals surface area contributed by atoms with Gasteiger partial charge in [-0.2, -0.15) is 0 Å². The molecule has 174 valence electrons. The van der Waals surface area contributed by atoms with Gasteiger partial charge in [-0.1, -0.05) is 24.3 Å². The monoisotopic (exact) mass is 461 g/mol. The first kappa shape index (κ1) is 21.8. The van der Waals surface area contributed by atoms with Gasteiger partial charge in [-0.05, 0) is 44.0 Å². The van der Waals surface area contributed by atoms with Crippen LogP contribution in [0.3, 0.4) is 0 Å². The number of amides is 3. The van der Waals surface area contributed by atoms with Crippen LogP contribution in [0.1, 0.15) is 53.3 Å². The topological polar surface area (TPSA) is 113 Å². The molecule has 9 heteroatoms. The first-order valence-corrected chi connectivity index (χ1v) is 11.2. The molecular weight excluding hydrogens is 438 g/mol. The lowest BCUT2D eigenvalue weighted by Crippen LogP contribution is -2.69. The standard InChI is InChI=1S/C25H23N3O6/c1-15(29)17-6-2-4-8-19(17)26-21(30)14-34-24(33)25-13-12-22(31)28(25)20-9-5-3-7-18(20)23(32)27(25)16-10-11-16/h2-9,16H,10-14H2,1H3,(H,26,30). The summed E-state index contributed by atoms with van der Waals surface area (Å²) in [7, 11) is 0. The molecule has 9 nitrogen and oxygen atoms in total. The van der Waals surface area contributed by atoms with Gasteiger partial charge in [-0.3, -0.25) is 24.1 Å².